The molecule has 24 heteroatoms. The zero-order chi connectivity index (χ0) is 75.1. The van der Waals surface area contributed by atoms with Gasteiger partial charge in [0.05, 0.1) is 34.5 Å². The highest BCUT2D eigenvalue weighted by atomic mass is 32.2. The summed E-state index contributed by atoms with van der Waals surface area (Å²) in [5.74, 6) is -1.14. The van der Waals surface area contributed by atoms with Gasteiger partial charge in [0.15, 0.2) is 43.8 Å². The molecule has 3 heterocycles. The van der Waals surface area contributed by atoms with Crippen molar-refractivity contribution in [2.75, 3.05) is 59.5 Å². The van der Waals surface area contributed by atoms with Crippen LogP contribution in [0.2, 0.25) is 0 Å². The van der Waals surface area contributed by atoms with Crippen molar-refractivity contribution in [2.45, 2.75) is 113 Å². The van der Waals surface area contributed by atoms with Crippen LogP contribution in [0.4, 0.5) is 0 Å². The van der Waals surface area contributed by atoms with Crippen LogP contribution in [0.25, 0.3) is 33.4 Å². The van der Waals surface area contributed by atoms with Gasteiger partial charge in [0.2, 0.25) is 0 Å². The Morgan fingerprint density at radius 3 is 0.934 bits per heavy atom. The fourth-order valence-corrected chi connectivity index (χ4v) is 19.0. The van der Waals surface area contributed by atoms with Crippen molar-refractivity contribution in [3.63, 3.8) is 0 Å². The Morgan fingerprint density at radius 2 is 0.613 bits per heavy atom. The molecule has 3 fully saturated rings. The van der Waals surface area contributed by atoms with Crippen molar-refractivity contribution < 1.29 is 83.7 Å². The van der Waals surface area contributed by atoms with Gasteiger partial charge in [-0.15, -0.1) is 0 Å². The molecular weight excluding hydrogens is 1410 g/mol. The molecule has 0 aliphatic carbocycles. The first-order valence-electron chi connectivity index (χ1n) is 35.2. The molecule has 106 heavy (non-hydrogen) atoms. The van der Waals surface area contributed by atoms with E-state index in [-0.39, 0.29) is 92.9 Å². The number of aryl methyl sites for hydroxylation is 4. The van der Waals surface area contributed by atoms with Crippen molar-refractivity contribution in [2.24, 2.45) is 0 Å². The smallest absolute Gasteiger partial charge is 0.265 e. The molecule has 3 saturated heterocycles. The number of hydrogen-bond acceptors (Lipinski definition) is 18. The maximum atomic E-state index is 13.3. The molecular formula is C82H89N3O18S3. The number of carbonyl (C=O) groups excluding carboxylic acids is 3. The summed E-state index contributed by atoms with van der Waals surface area (Å²) in [5, 5.41) is 27.5. The summed E-state index contributed by atoms with van der Waals surface area (Å²) in [4.78, 5) is 37.1. The average molecular weight is 1500 g/mol. The molecule has 3 aliphatic heterocycles. The van der Waals surface area contributed by atoms with Gasteiger partial charge in [0, 0.05) is 39.6 Å². The largest absolute Gasteiger partial charge is 0.494 e. The fourth-order valence-electron chi connectivity index (χ4n) is 13.2. The second-order valence-electron chi connectivity index (χ2n) is 26.1. The molecule has 9 aromatic rings. The molecule has 3 aliphatic rings. The second kappa shape index (κ2) is 37.1. The number of rotatable bonds is 27. The van der Waals surface area contributed by atoms with Crippen molar-refractivity contribution in [1.29, 1.82) is 0 Å². The second-order valence-corrected chi connectivity index (χ2v) is 32.9. The summed E-state index contributed by atoms with van der Waals surface area (Å²) < 4.78 is 108. The lowest BCUT2D eigenvalue weighted by Crippen LogP contribution is -2.54. The number of carbonyl (C=O) groups is 3. The van der Waals surface area contributed by atoms with Crippen LogP contribution in [0.1, 0.15) is 80.0 Å². The molecule has 0 bridgehead atoms. The maximum absolute atomic E-state index is 13.3. The van der Waals surface area contributed by atoms with E-state index >= 15 is 0 Å². The minimum Gasteiger partial charge on any atom is -0.494 e. The van der Waals surface area contributed by atoms with Crippen LogP contribution in [-0.2, 0) is 77.4 Å². The monoisotopic (exact) mass is 1500 g/mol. The summed E-state index contributed by atoms with van der Waals surface area (Å²) in [7, 11) is -12.1. The zero-order valence-corrected chi connectivity index (χ0v) is 61.4. The van der Waals surface area contributed by atoms with Gasteiger partial charge < -0.3 is 28.4 Å². The van der Waals surface area contributed by atoms with Crippen LogP contribution in [0.15, 0.2) is 245 Å². The first kappa shape index (κ1) is 79.0. The van der Waals surface area contributed by atoms with Gasteiger partial charge in [0.1, 0.15) is 17.2 Å². The Morgan fingerprint density at radius 1 is 0.340 bits per heavy atom. The van der Waals surface area contributed by atoms with Gasteiger partial charge in [-0.1, -0.05) is 163 Å². The Kier molecular flexibility index (Phi) is 27.6. The first-order chi connectivity index (χ1) is 51.3. The molecule has 0 unspecified atom stereocenters. The third-order valence-electron chi connectivity index (χ3n) is 19.4. The molecule has 558 valence electrons. The van der Waals surface area contributed by atoms with Crippen LogP contribution >= 0.6 is 0 Å². The van der Waals surface area contributed by atoms with Crippen molar-refractivity contribution in [3.8, 4) is 50.6 Å². The number of nitrogens with one attached hydrogen (secondary N) is 3. The number of ether oxygens (including phenoxy) is 6. The summed E-state index contributed by atoms with van der Waals surface area (Å²) in [6, 6.07) is 72.5. The molecule has 0 saturated carbocycles. The van der Waals surface area contributed by atoms with Crippen LogP contribution in [-0.4, -0.2) is 132 Å². The Hall–Kier alpha value is -9.60. The van der Waals surface area contributed by atoms with E-state index in [0.29, 0.717) is 37.1 Å². The number of hydrogen-bond donors (Lipinski definition) is 6. The normalized spacial score (nSPS) is 15.3. The summed E-state index contributed by atoms with van der Waals surface area (Å²) in [6.07, 6.45) is 4.86. The van der Waals surface area contributed by atoms with Crippen LogP contribution in [0.3, 0.4) is 0 Å². The third-order valence-corrected chi connectivity index (χ3v) is 27.0. The number of amides is 3. The predicted octanol–water partition coefficient (Wildman–Crippen LogP) is 12.9. The predicted molar refractivity (Wildman–Crippen MR) is 401 cm³/mol. The van der Waals surface area contributed by atoms with Crippen LogP contribution < -0.4 is 30.7 Å². The molecule has 0 aromatic heterocycles. The molecule has 6 N–H and O–H groups in total. The summed E-state index contributed by atoms with van der Waals surface area (Å²) in [5.41, 5.74) is 16.6. The molecule has 21 nitrogen and oxygen atoms in total. The molecule has 9 aromatic carbocycles. The Labute approximate surface area is 619 Å². The van der Waals surface area contributed by atoms with Crippen molar-refractivity contribution >= 4 is 47.2 Å². The fraction of sp³-hybridized carbons (Fsp3) is 0.305. The number of benzene rings is 9. The van der Waals surface area contributed by atoms with E-state index in [0.717, 1.165) is 38.5 Å². The quantitative estimate of drug-likeness (QED) is 0.0158. The summed E-state index contributed by atoms with van der Waals surface area (Å²) in [6.45, 7) is 4.29. The molecule has 3 amide bonds. The Balaban J connectivity index is 0.000000170. The minimum absolute atomic E-state index is 0.00748. The van der Waals surface area contributed by atoms with E-state index < -0.39 is 61.5 Å². The van der Waals surface area contributed by atoms with Crippen LogP contribution in [0.5, 0.6) is 17.2 Å². The van der Waals surface area contributed by atoms with Gasteiger partial charge in [-0.3, -0.25) is 30.0 Å². The van der Waals surface area contributed by atoms with Crippen molar-refractivity contribution in [3.05, 3.63) is 253 Å². The van der Waals surface area contributed by atoms with Crippen LogP contribution in [0, 0.1) is 6.92 Å². The summed E-state index contributed by atoms with van der Waals surface area (Å²) >= 11 is 0. The van der Waals surface area contributed by atoms with Gasteiger partial charge in [-0.25, -0.2) is 41.7 Å². The molecule has 12 rings (SSSR count). The minimum atomic E-state index is -4.05. The van der Waals surface area contributed by atoms with E-state index in [4.69, 9.17) is 44.0 Å². The van der Waals surface area contributed by atoms with E-state index in [9.17, 15) is 39.6 Å². The highest BCUT2D eigenvalue weighted by Crippen LogP contribution is 2.39. The maximum Gasteiger partial charge on any atom is 0.265 e. The van der Waals surface area contributed by atoms with E-state index in [2.05, 4.69) is 128 Å². The van der Waals surface area contributed by atoms with Gasteiger partial charge in [-0.2, -0.15) is 0 Å². The van der Waals surface area contributed by atoms with Gasteiger partial charge in [0.25, 0.3) is 17.7 Å². The topological polar surface area (TPSA) is 306 Å². The SMILES string of the molecule is Cc1ccc(-c2cccc(CCCOc3ccc(S(=O)(=O)C4(C(=O)NO)CCOCC4)cc3)c2)cc1.O=C(NO)C1(S(=O)(=O)c2ccc(OCCCc3ccc(-c4ccccc4)cc3)cc2)CCOCC1.O=C(NO)C1(S(=O)(=O)c2ccc(OCCCc3cccc(-c4ccccc4)c3)cc2)CCOCC1. The third kappa shape index (κ3) is 19.0. The zero-order valence-electron chi connectivity index (χ0n) is 59.0. The lowest BCUT2D eigenvalue weighted by molar-refractivity contribution is -0.135. The molecule has 0 atom stereocenters. The van der Waals surface area contributed by atoms with E-state index in [1.807, 2.05) is 36.4 Å². The average Bonchev–Trinajstić information content (AvgIpc) is 0.760. The van der Waals surface area contributed by atoms with E-state index in [1.165, 1.54) is 108 Å². The lowest BCUT2D eigenvalue weighted by atomic mass is 9.98. The van der Waals surface area contributed by atoms with Gasteiger partial charge >= 0.3 is 0 Å². The van der Waals surface area contributed by atoms with Crippen molar-refractivity contribution in [1.82, 2.24) is 16.4 Å². The molecule has 0 spiro atoms. The number of sulfone groups is 3. The Bertz CT molecular complexity index is 4690. The number of hydroxylamine groups is 3. The highest BCUT2D eigenvalue weighted by Gasteiger charge is 2.54. The van der Waals surface area contributed by atoms with Gasteiger partial charge in [-0.05, 0) is 207 Å². The molecule has 0 radical (unpaired) electrons. The first-order valence-corrected chi connectivity index (χ1v) is 39.7. The lowest BCUT2D eigenvalue weighted by Gasteiger charge is -2.34. The highest BCUT2D eigenvalue weighted by molar-refractivity contribution is 7.94. The standard InChI is InChI=1S/C28H31NO6S.2C27H29NO6S/c1-21-7-9-23(10-8-21)24-6-2-4-22(20-24)5-3-17-35-25-11-13-26(14-12-25)36(32,33)28(27(30)29-31)15-18-34-19-16-28;29-26(28-30)27(15-18-33-19-16-27)35(31,32)25-13-11-24(12-14-25)34-17-5-7-21-6-4-10-23(20-21)22-8-2-1-3-9-22;29-26(28-30)27(16-19-33-20-17-27)35(31,32)25-14-12-24(13-15-25)34-18-4-5-21-8-10-23(11-9-21)22-6-2-1-3-7-22/h2,4,6-14,20,31H,3,5,15-19H2,1H3,(H,29,30);1-4,6,8-14,20,30H,5,7,15-19H2,(H,28,29);1-3,6-15,30H,4-5,16-20H2,(H,28,29). The van der Waals surface area contributed by atoms with E-state index in [1.54, 1.807) is 36.4 Å².